The summed E-state index contributed by atoms with van der Waals surface area (Å²) in [6.45, 7) is 0.703. The van der Waals surface area contributed by atoms with E-state index in [0.29, 0.717) is 23.8 Å². The Bertz CT molecular complexity index is 764. The maximum absolute atomic E-state index is 12.3. The Hall–Kier alpha value is -2.40. The summed E-state index contributed by atoms with van der Waals surface area (Å²) in [4.78, 5) is 12.3. The highest BCUT2D eigenvalue weighted by Crippen LogP contribution is 2.30. The van der Waals surface area contributed by atoms with Crippen molar-refractivity contribution in [1.82, 2.24) is 0 Å². The predicted octanol–water partition coefficient (Wildman–Crippen LogP) is 2.79. The van der Waals surface area contributed by atoms with Crippen LogP contribution in [-0.2, 0) is 4.79 Å². The van der Waals surface area contributed by atoms with E-state index in [0.717, 1.165) is 36.5 Å². The highest BCUT2D eigenvalue weighted by atomic mass is 16.5. The molecular formula is C19H23N3O2. The van der Waals surface area contributed by atoms with Gasteiger partial charge in [0.15, 0.2) is 0 Å². The number of hydrogen-bond acceptors (Lipinski definition) is 4. The van der Waals surface area contributed by atoms with Crippen LogP contribution in [0.25, 0.3) is 10.8 Å². The number of carbonyl (C=O) groups excluding carboxylic acids is 1. The van der Waals surface area contributed by atoms with Gasteiger partial charge in [0.05, 0.1) is 5.92 Å². The van der Waals surface area contributed by atoms with E-state index in [1.54, 1.807) is 12.1 Å². The van der Waals surface area contributed by atoms with Gasteiger partial charge in [0.2, 0.25) is 0 Å². The van der Waals surface area contributed by atoms with Crippen LogP contribution in [0.4, 0.5) is 0 Å². The van der Waals surface area contributed by atoms with Crippen LogP contribution in [0.1, 0.15) is 31.2 Å². The van der Waals surface area contributed by atoms with Crippen molar-refractivity contribution < 1.29 is 9.53 Å². The predicted molar refractivity (Wildman–Crippen MR) is 95.1 cm³/mol. The van der Waals surface area contributed by atoms with E-state index in [-0.39, 0.29) is 17.7 Å². The molecule has 1 aliphatic carbocycles. The van der Waals surface area contributed by atoms with Crippen molar-refractivity contribution >= 4 is 22.6 Å². The molecule has 0 spiro atoms. The van der Waals surface area contributed by atoms with Crippen molar-refractivity contribution in [3.63, 3.8) is 0 Å². The van der Waals surface area contributed by atoms with Gasteiger partial charge in [-0.25, -0.2) is 0 Å². The number of fused-ring (bicyclic) bond motifs is 1. The molecule has 1 fully saturated rings. The third-order valence-corrected chi connectivity index (χ3v) is 4.85. The monoisotopic (exact) mass is 325 g/mol. The lowest BCUT2D eigenvalue weighted by Crippen LogP contribution is -2.28. The number of nitrogen functional groups attached to an aromatic ring is 1. The molecule has 5 nitrogen and oxygen atoms in total. The molecule has 3 rings (SSSR count). The molecule has 0 bridgehead atoms. The van der Waals surface area contributed by atoms with Crippen LogP contribution in [0.5, 0.6) is 5.75 Å². The number of hydrogen-bond donors (Lipinski definition) is 3. The Balaban J connectivity index is 1.70. The summed E-state index contributed by atoms with van der Waals surface area (Å²) in [5.41, 5.74) is 11.9. The van der Waals surface area contributed by atoms with Gasteiger partial charge in [-0.15, -0.1) is 0 Å². The van der Waals surface area contributed by atoms with Crippen molar-refractivity contribution in [2.24, 2.45) is 23.3 Å². The molecule has 0 amide bonds. The molecule has 24 heavy (non-hydrogen) atoms. The first kappa shape index (κ1) is 16.5. The summed E-state index contributed by atoms with van der Waals surface area (Å²) < 4.78 is 5.57. The standard InChI is InChI=1S/C19H23N3O2/c20-11-12-1-3-13(4-2-12)19(23)24-17-8-7-14-9-16(18(21)22)6-5-15(14)10-17/h5-10,12-13H,1-4,11,20H2,(H3,21,22)/t12-,13-. The van der Waals surface area contributed by atoms with Gasteiger partial charge in [-0.3, -0.25) is 10.2 Å². The summed E-state index contributed by atoms with van der Waals surface area (Å²) in [7, 11) is 0. The Morgan fingerprint density at radius 2 is 1.75 bits per heavy atom. The molecule has 0 radical (unpaired) electrons. The van der Waals surface area contributed by atoms with E-state index >= 15 is 0 Å². The average Bonchev–Trinajstić information content (AvgIpc) is 2.61. The fourth-order valence-electron chi connectivity index (χ4n) is 3.29. The van der Waals surface area contributed by atoms with E-state index in [2.05, 4.69) is 0 Å². The molecule has 5 heteroatoms. The summed E-state index contributed by atoms with van der Waals surface area (Å²) >= 11 is 0. The van der Waals surface area contributed by atoms with Crippen LogP contribution < -0.4 is 16.2 Å². The van der Waals surface area contributed by atoms with Gasteiger partial charge in [0, 0.05) is 5.56 Å². The number of carbonyl (C=O) groups is 1. The fourth-order valence-corrected chi connectivity index (χ4v) is 3.29. The first-order valence-electron chi connectivity index (χ1n) is 8.37. The lowest BCUT2D eigenvalue weighted by Gasteiger charge is -2.26. The molecule has 0 atom stereocenters. The molecule has 0 aromatic heterocycles. The SMILES string of the molecule is N=C(N)c1ccc2cc(OC(=O)[C@H]3CC[C@H](CN)CC3)ccc2c1. The second-order valence-corrected chi connectivity index (χ2v) is 6.51. The molecule has 2 aromatic carbocycles. The molecule has 126 valence electrons. The maximum atomic E-state index is 12.3. The van der Waals surface area contributed by atoms with Crippen LogP contribution in [0, 0.1) is 17.2 Å². The lowest BCUT2D eigenvalue weighted by atomic mass is 9.82. The number of ether oxygens (including phenoxy) is 1. The minimum Gasteiger partial charge on any atom is -0.426 e. The number of benzene rings is 2. The van der Waals surface area contributed by atoms with Crippen molar-refractivity contribution in [3.05, 3.63) is 42.0 Å². The summed E-state index contributed by atoms with van der Waals surface area (Å²) in [6.07, 6.45) is 3.72. The van der Waals surface area contributed by atoms with Gasteiger partial charge >= 0.3 is 5.97 Å². The first-order chi connectivity index (χ1) is 11.6. The Labute approximate surface area is 141 Å². The second-order valence-electron chi connectivity index (χ2n) is 6.51. The zero-order chi connectivity index (χ0) is 17.1. The van der Waals surface area contributed by atoms with Gasteiger partial charge in [0.25, 0.3) is 0 Å². The summed E-state index contributed by atoms with van der Waals surface area (Å²) in [5.74, 6) is 0.975. The zero-order valence-corrected chi connectivity index (χ0v) is 13.6. The second kappa shape index (κ2) is 7.01. The summed E-state index contributed by atoms with van der Waals surface area (Å²) in [5, 5.41) is 9.41. The van der Waals surface area contributed by atoms with E-state index < -0.39 is 0 Å². The van der Waals surface area contributed by atoms with Crippen molar-refractivity contribution in [1.29, 1.82) is 5.41 Å². The van der Waals surface area contributed by atoms with Gasteiger partial charge in [-0.05, 0) is 67.1 Å². The van der Waals surface area contributed by atoms with Gasteiger partial charge < -0.3 is 16.2 Å². The van der Waals surface area contributed by atoms with E-state index in [1.165, 1.54) is 0 Å². The molecule has 1 aliphatic rings. The minimum absolute atomic E-state index is 0.0245. The molecule has 0 aliphatic heterocycles. The van der Waals surface area contributed by atoms with Crippen LogP contribution in [0.3, 0.4) is 0 Å². The maximum Gasteiger partial charge on any atom is 0.314 e. The lowest BCUT2D eigenvalue weighted by molar-refractivity contribution is -0.140. The van der Waals surface area contributed by atoms with Crippen molar-refractivity contribution in [2.75, 3.05) is 6.54 Å². The van der Waals surface area contributed by atoms with E-state index in [4.69, 9.17) is 21.6 Å². The highest BCUT2D eigenvalue weighted by molar-refractivity contribution is 5.99. The van der Waals surface area contributed by atoms with Crippen molar-refractivity contribution in [3.8, 4) is 5.75 Å². The number of esters is 1. The van der Waals surface area contributed by atoms with Crippen LogP contribution in [0.2, 0.25) is 0 Å². The minimum atomic E-state index is -0.148. The molecule has 2 aromatic rings. The smallest absolute Gasteiger partial charge is 0.314 e. The third kappa shape index (κ3) is 3.57. The molecule has 0 heterocycles. The van der Waals surface area contributed by atoms with Crippen LogP contribution in [0.15, 0.2) is 36.4 Å². The summed E-state index contributed by atoms with van der Waals surface area (Å²) in [6, 6.07) is 11.1. The molecule has 5 N–H and O–H groups in total. The van der Waals surface area contributed by atoms with Gasteiger partial charge in [-0.1, -0.05) is 18.2 Å². The van der Waals surface area contributed by atoms with E-state index in [1.807, 2.05) is 24.3 Å². The number of nitrogens with one attached hydrogen (secondary N) is 1. The third-order valence-electron chi connectivity index (χ3n) is 4.85. The van der Waals surface area contributed by atoms with E-state index in [9.17, 15) is 4.79 Å². The highest BCUT2D eigenvalue weighted by Gasteiger charge is 2.27. The quantitative estimate of drug-likeness (QED) is 0.348. The molecular weight excluding hydrogens is 302 g/mol. The van der Waals surface area contributed by atoms with Crippen LogP contribution in [-0.4, -0.2) is 18.3 Å². The molecule has 0 saturated heterocycles. The molecule has 1 saturated carbocycles. The average molecular weight is 325 g/mol. The topological polar surface area (TPSA) is 102 Å². The molecule has 0 unspecified atom stereocenters. The number of rotatable bonds is 4. The van der Waals surface area contributed by atoms with Crippen molar-refractivity contribution in [2.45, 2.75) is 25.7 Å². The number of nitrogens with two attached hydrogens (primary N) is 2. The first-order valence-corrected chi connectivity index (χ1v) is 8.37. The van der Waals surface area contributed by atoms with Gasteiger partial charge in [-0.2, -0.15) is 0 Å². The Kier molecular flexibility index (Phi) is 4.81. The Morgan fingerprint density at radius 3 is 2.42 bits per heavy atom. The van der Waals surface area contributed by atoms with Gasteiger partial charge in [0.1, 0.15) is 11.6 Å². The zero-order valence-electron chi connectivity index (χ0n) is 13.6. The van der Waals surface area contributed by atoms with Crippen LogP contribution >= 0.6 is 0 Å². The Morgan fingerprint density at radius 1 is 1.08 bits per heavy atom. The normalized spacial score (nSPS) is 20.7. The largest absolute Gasteiger partial charge is 0.426 e. The fraction of sp³-hybridized carbons (Fsp3) is 0.368. The number of amidine groups is 1.